The Morgan fingerprint density at radius 1 is 1.27 bits per heavy atom. The minimum atomic E-state index is -0.134. The maximum absolute atomic E-state index is 12.8. The Labute approximate surface area is 177 Å². The van der Waals surface area contributed by atoms with E-state index in [0.29, 0.717) is 12.5 Å². The molecule has 0 aliphatic carbocycles. The summed E-state index contributed by atoms with van der Waals surface area (Å²) in [5, 5.41) is 9.33. The zero-order valence-corrected chi connectivity index (χ0v) is 18.2. The summed E-state index contributed by atoms with van der Waals surface area (Å²) in [6.07, 6.45) is 3.46. The first kappa shape index (κ1) is 20.8. The molecule has 6 heteroatoms. The standard InChI is InChI=1S/C24H32N4O2/c1-24(2,3)21-20-14-18(15-25-12-7-8-17-11-13-30-16-17)23(29)26-22(20)28(27-21)19-9-5-4-6-10-19/h4-6,9-10,14,17,25H,7-8,11-13,15-16H2,1-3H3,(H,26,29)/t17-/m0/s1. The molecule has 0 spiro atoms. The molecule has 0 amide bonds. The fourth-order valence-electron chi connectivity index (χ4n) is 4.11. The predicted octanol–water partition coefficient (Wildman–Crippen LogP) is 3.92. The van der Waals surface area contributed by atoms with Crippen molar-refractivity contribution in [2.24, 2.45) is 5.92 Å². The van der Waals surface area contributed by atoms with Crippen molar-refractivity contribution in [1.29, 1.82) is 0 Å². The Morgan fingerprint density at radius 2 is 2.07 bits per heavy atom. The van der Waals surface area contributed by atoms with Crippen molar-refractivity contribution in [2.45, 2.75) is 52.0 Å². The van der Waals surface area contributed by atoms with Gasteiger partial charge in [-0.25, -0.2) is 4.68 Å². The Balaban J connectivity index is 1.56. The van der Waals surface area contributed by atoms with Crippen LogP contribution in [0.1, 0.15) is 51.3 Å². The molecule has 1 aromatic carbocycles. The molecule has 2 N–H and O–H groups in total. The summed E-state index contributed by atoms with van der Waals surface area (Å²) in [6, 6.07) is 12.0. The highest BCUT2D eigenvalue weighted by Crippen LogP contribution is 2.29. The predicted molar refractivity (Wildman–Crippen MR) is 120 cm³/mol. The third kappa shape index (κ3) is 4.50. The number of nitrogens with one attached hydrogen (secondary N) is 2. The normalized spacial score (nSPS) is 17.1. The maximum atomic E-state index is 12.8. The summed E-state index contributed by atoms with van der Waals surface area (Å²) in [5.74, 6) is 0.699. The van der Waals surface area contributed by atoms with Gasteiger partial charge in [0.1, 0.15) is 5.65 Å². The summed E-state index contributed by atoms with van der Waals surface area (Å²) >= 11 is 0. The minimum absolute atomic E-state index is 0.0586. The van der Waals surface area contributed by atoms with E-state index in [1.807, 2.05) is 41.1 Å². The highest BCUT2D eigenvalue weighted by atomic mass is 16.5. The first-order chi connectivity index (χ1) is 14.4. The van der Waals surface area contributed by atoms with Gasteiger partial charge in [-0.2, -0.15) is 5.10 Å². The molecule has 1 atom stereocenters. The van der Waals surface area contributed by atoms with Gasteiger partial charge in [-0.1, -0.05) is 39.0 Å². The monoisotopic (exact) mass is 408 g/mol. The Bertz CT molecular complexity index is 1040. The fraction of sp³-hybridized carbons (Fsp3) is 0.500. The molecule has 3 aromatic rings. The maximum Gasteiger partial charge on any atom is 0.254 e. The van der Waals surface area contributed by atoms with Crippen LogP contribution in [0.2, 0.25) is 0 Å². The lowest BCUT2D eigenvalue weighted by Gasteiger charge is -2.15. The van der Waals surface area contributed by atoms with E-state index in [1.165, 1.54) is 12.8 Å². The van der Waals surface area contributed by atoms with Gasteiger partial charge in [0.05, 0.1) is 11.4 Å². The van der Waals surface area contributed by atoms with E-state index >= 15 is 0 Å². The van der Waals surface area contributed by atoms with Crippen LogP contribution in [-0.4, -0.2) is 34.5 Å². The van der Waals surface area contributed by atoms with Crippen LogP contribution in [0.4, 0.5) is 0 Å². The van der Waals surface area contributed by atoms with Gasteiger partial charge in [-0.15, -0.1) is 0 Å². The van der Waals surface area contributed by atoms with Crippen LogP contribution in [0.3, 0.4) is 0 Å². The first-order valence-electron chi connectivity index (χ1n) is 10.9. The molecule has 0 unspecified atom stereocenters. The second-order valence-corrected chi connectivity index (χ2v) is 9.28. The van der Waals surface area contributed by atoms with Crippen molar-refractivity contribution in [3.8, 4) is 5.69 Å². The Kier molecular flexibility index (Phi) is 6.06. The third-order valence-corrected chi connectivity index (χ3v) is 5.78. The molecule has 3 heterocycles. The molecule has 1 aliphatic heterocycles. The Hall–Kier alpha value is -2.44. The summed E-state index contributed by atoms with van der Waals surface area (Å²) < 4.78 is 7.28. The van der Waals surface area contributed by atoms with E-state index in [0.717, 1.165) is 54.2 Å². The highest BCUT2D eigenvalue weighted by molar-refractivity contribution is 5.81. The van der Waals surface area contributed by atoms with Crippen LogP contribution in [0.15, 0.2) is 41.2 Å². The quantitative estimate of drug-likeness (QED) is 0.581. The number of aromatic amines is 1. The summed E-state index contributed by atoms with van der Waals surface area (Å²) in [7, 11) is 0. The lowest BCUT2D eigenvalue weighted by Crippen LogP contribution is -2.22. The number of hydrogen-bond donors (Lipinski definition) is 2. The SMILES string of the molecule is CC(C)(C)c1nn(-c2ccccc2)c2[nH]c(=O)c(CNCCC[C@H]3CCOC3)cc12. The Morgan fingerprint density at radius 3 is 2.77 bits per heavy atom. The number of pyridine rings is 1. The van der Waals surface area contributed by atoms with Crippen molar-refractivity contribution in [3.05, 3.63) is 58.0 Å². The molecule has 1 saturated heterocycles. The molecule has 30 heavy (non-hydrogen) atoms. The molecule has 160 valence electrons. The van der Waals surface area contributed by atoms with Gasteiger partial charge >= 0.3 is 0 Å². The molecular formula is C24H32N4O2. The molecule has 0 saturated carbocycles. The zero-order valence-electron chi connectivity index (χ0n) is 18.2. The van der Waals surface area contributed by atoms with Crippen LogP contribution in [0, 0.1) is 5.92 Å². The number of H-pyrrole nitrogens is 1. The number of nitrogens with zero attached hydrogens (tertiary/aromatic N) is 2. The molecule has 0 bridgehead atoms. The number of fused-ring (bicyclic) bond motifs is 1. The summed E-state index contributed by atoms with van der Waals surface area (Å²) in [6.45, 7) is 9.73. The molecule has 0 radical (unpaired) electrons. The van der Waals surface area contributed by atoms with E-state index in [1.54, 1.807) is 0 Å². The number of hydrogen-bond acceptors (Lipinski definition) is 4. The van der Waals surface area contributed by atoms with E-state index in [9.17, 15) is 4.79 Å². The molecule has 2 aromatic heterocycles. The fourth-order valence-corrected chi connectivity index (χ4v) is 4.11. The number of ether oxygens (including phenoxy) is 1. The number of benzene rings is 1. The van der Waals surface area contributed by atoms with Crippen LogP contribution in [0.5, 0.6) is 0 Å². The van der Waals surface area contributed by atoms with Crippen molar-refractivity contribution in [3.63, 3.8) is 0 Å². The smallest absolute Gasteiger partial charge is 0.254 e. The van der Waals surface area contributed by atoms with Crippen LogP contribution >= 0.6 is 0 Å². The van der Waals surface area contributed by atoms with E-state index < -0.39 is 0 Å². The van der Waals surface area contributed by atoms with Gasteiger partial charge < -0.3 is 15.0 Å². The number of para-hydroxylation sites is 1. The van der Waals surface area contributed by atoms with Gasteiger partial charge in [0.25, 0.3) is 5.56 Å². The zero-order chi connectivity index (χ0) is 21.1. The van der Waals surface area contributed by atoms with Gasteiger partial charge in [-0.05, 0) is 49.9 Å². The summed E-state index contributed by atoms with van der Waals surface area (Å²) in [4.78, 5) is 15.9. The second kappa shape index (κ2) is 8.74. The van der Waals surface area contributed by atoms with E-state index in [4.69, 9.17) is 9.84 Å². The minimum Gasteiger partial charge on any atom is -0.381 e. The molecular weight excluding hydrogens is 376 g/mol. The molecule has 4 rings (SSSR count). The van der Waals surface area contributed by atoms with Crippen LogP contribution < -0.4 is 10.9 Å². The third-order valence-electron chi connectivity index (χ3n) is 5.78. The topological polar surface area (TPSA) is 71.9 Å². The summed E-state index contributed by atoms with van der Waals surface area (Å²) in [5.41, 5.74) is 3.24. The van der Waals surface area contributed by atoms with E-state index in [2.05, 4.69) is 31.1 Å². The second-order valence-electron chi connectivity index (χ2n) is 9.28. The average Bonchev–Trinajstić information content (AvgIpc) is 3.36. The van der Waals surface area contributed by atoms with Crippen LogP contribution in [0.25, 0.3) is 16.7 Å². The van der Waals surface area contributed by atoms with Crippen LogP contribution in [-0.2, 0) is 16.7 Å². The van der Waals surface area contributed by atoms with Crippen molar-refractivity contribution in [1.82, 2.24) is 20.1 Å². The van der Waals surface area contributed by atoms with Gasteiger partial charge in [0.2, 0.25) is 0 Å². The number of rotatable bonds is 7. The van der Waals surface area contributed by atoms with Crippen molar-refractivity contribution in [2.75, 3.05) is 19.8 Å². The first-order valence-corrected chi connectivity index (χ1v) is 10.9. The van der Waals surface area contributed by atoms with Gasteiger partial charge in [-0.3, -0.25) is 4.79 Å². The molecule has 6 nitrogen and oxygen atoms in total. The average molecular weight is 409 g/mol. The molecule has 1 aliphatic rings. The highest BCUT2D eigenvalue weighted by Gasteiger charge is 2.24. The lowest BCUT2D eigenvalue weighted by molar-refractivity contribution is 0.184. The number of aromatic nitrogens is 3. The van der Waals surface area contributed by atoms with Crippen molar-refractivity contribution >= 4 is 11.0 Å². The largest absolute Gasteiger partial charge is 0.381 e. The van der Waals surface area contributed by atoms with E-state index in [-0.39, 0.29) is 11.0 Å². The molecule has 1 fully saturated rings. The van der Waals surface area contributed by atoms with Gasteiger partial charge in [0.15, 0.2) is 0 Å². The van der Waals surface area contributed by atoms with Crippen molar-refractivity contribution < 1.29 is 4.74 Å². The van der Waals surface area contributed by atoms with Gasteiger partial charge in [0, 0.05) is 36.1 Å². The lowest BCUT2D eigenvalue weighted by atomic mass is 9.90.